The van der Waals surface area contributed by atoms with Crippen LogP contribution in [-0.4, -0.2) is 21.1 Å². The summed E-state index contributed by atoms with van der Waals surface area (Å²) in [6, 6.07) is 26.4. The van der Waals surface area contributed by atoms with Crippen molar-refractivity contribution in [2.24, 2.45) is 0 Å². The lowest BCUT2D eigenvalue weighted by Crippen LogP contribution is -2.18. The molecule has 0 bridgehead atoms. The van der Waals surface area contributed by atoms with E-state index in [0.29, 0.717) is 11.2 Å². The van der Waals surface area contributed by atoms with Gasteiger partial charge in [0.15, 0.2) is 5.82 Å². The molecule has 6 heteroatoms. The van der Waals surface area contributed by atoms with Crippen LogP contribution < -0.4 is 5.32 Å². The summed E-state index contributed by atoms with van der Waals surface area (Å²) in [5, 5.41) is 10.8. The lowest BCUT2D eigenvalue weighted by atomic mass is 9.95. The van der Waals surface area contributed by atoms with E-state index in [9.17, 15) is 4.79 Å². The lowest BCUT2D eigenvalue weighted by molar-refractivity contribution is 0.121. The molecule has 0 radical (unpaired) electrons. The maximum absolute atomic E-state index is 12.4. The molecule has 166 valence electrons. The van der Waals surface area contributed by atoms with Crippen molar-refractivity contribution in [1.29, 1.82) is 0 Å². The van der Waals surface area contributed by atoms with Crippen molar-refractivity contribution in [2.75, 3.05) is 5.32 Å². The zero-order chi connectivity index (χ0) is 22.8. The average molecular weight is 439 g/mol. The molecule has 1 amide bonds. The Labute approximate surface area is 193 Å². The van der Waals surface area contributed by atoms with Gasteiger partial charge in [-0.1, -0.05) is 78.9 Å². The maximum Gasteiger partial charge on any atom is 0.413 e. The molecule has 33 heavy (non-hydrogen) atoms. The van der Waals surface area contributed by atoms with E-state index < -0.39 is 6.09 Å². The van der Waals surface area contributed by atoms with Crippen LogP contribution in [0.2, 0.25) is 0 Å². The van der Waals surface area contributed by atoms with Gasteiger partial charge in [-0.2, -0.15) is 4.68 Å². The van der Waals surface area contributed by atoms with E-state index >= 15 is 0 Å². The Balaban J connectivity index is 1.27. The molecular formula is C27H26N4O2. The van der Waals surface area contributed by atoms with Crippen LogP contribution in [0.25, 0.3) is 16.8 Å². The first-order valence-electron chi connectivity index (χ1n) is 11.2. The molecule has 3 aromatic carbocycles. The van der Waals surface area contributed by atoms with E-state index in [4.69, 9.17) is 4.74 Å². The van der Waals surface area contributed by atoms with Gasteiger partial charge in [0, 0.05) is 0 Å². The number of aromatic nitrogens is 3. The third kappa shape index (κ3) is 4.51. The summed E-state index contributed by atoms with van der Waals surface area (Å²) >= 11 is 0. The molecule has 1 saturated carbocycles. The van der Waals surface area contributed by atoms with Gasteiger partial charge in [0.2, 0.25) is 0 Å². The fourth-order valence-corrected chi connectivity index (χ4v) is 3.93. The number of rotatable bonds is 6. The highest BCUT2D eigenvalue weighted by atomic mass is 16.6. The number of nitrogens with zero attached hydrogens (tertiary/aromatic N) is 3. The second-order valence-electron chi connectivity index (χ2n) is 8.80. The van der Waals surface area contributed by atoms with Crippen LogP contribution in [0.3, 0.4) is 0 Å². The monoisotopic (exact) mass is 438 g/mol. The highest BCUT2D eigenvalue weighted by Crippen LogP contribution is 2.47. The fourth-order valence-electron chi connectivity index (χ4n) is 3.93. The Kier molecular flexibility index (Phi) is 5.42. The number of carbonyl (C=O) groups excluding carboxylic acids is 1. The van der Waals surface area contributed by atoms with Crippen LogP contribution in [0.1, 0.15) is 43.9 Å². The molecule has 1 heterocycles. The topological polar surface area (TPSA) is 69.0 Å². The zero-order valence-corrected chi connectivity index (χ0v) is 18.7. The minimum atomic E-state index is -0.559. The molecule has 1 aromatic heterocycles. The van der Waals surface area contributed by atoms with Crippen LogP contribution in [0.5, 0.6) is 0 Å². The normalized spacial score (nSPS) is 15.0. The van der Waals surface area contributed by atoms with Crippen LogP contribution in [0.15, 0.2) is 85.1 Å². The number of carbonyl (C=O) groups is 1. The van der Waals surface area contributed by atoms with Gasteiger partial charge in [0.05, 0.1) is 11.9 Å². The molecule has 1 fully saturated rings. The SMILES string of the molecule is C[C@@H](OC(=O)Nc1cnnn1-c1ccc(-c2ccc(C3(C)CC3)cc2)cc1)c1ccccc1. The third-order valence-corrected chi connectivity index (χ3v) is 6.36. The molecule has 4 aromatic rings. The maximum atomic E-state index is 12.4. The summed E-state index contributed by atoms with van der Waals surface area (Å²) in [5.74, 6) is 0.440. The number of benzene rings is 3. The quantitative estimate of drug-likeness (QED) is 0.384. The van der Waals surface area contributed by atoms with Crippen molar-refractivity contribution in [3.63, 3.8) is 0 Å². The molecule has 6 nitrogen and oxygen atoms in total. The van der Waals surface area contributed by atoms with E-state index in [2.05, 4.69) is 46.8 Å². The summed E-state index contributed by atoms with van der Waals surface area (Å²) in [6.45, 7) is 4.15. The third-order valence-electron chi connectivity index (χ3n) is 6.36. The Morgan fingerprint density at radius 3 is 2.24 bits per heavy atom. The number of ether oxygens (including phenoxy) is 1. The summed E-state index contributed by atoms with van der Waals surface area (Å²) in [6.07, 6.45) is 3.11. The van der Waals surface area contributed by atoms with Crippen LogP contribution in [0.4, 0.5) is 10.6 Å². The molecule has 1 atom stereocenters. The Morgan fingerprint density at radius 1 is 0.970 bits per heavy atom. The van der Waals surface area contributed by atoms with Crippen molar-refractivity contribution in [2.45, 2.75) is 38.2 Å². The smallest absolute Gasteiger partial charge is 0.413 e. The fraction of sp³-hybridized carbons (Fsp3) is 0.222. The van der Waals surface area contributed by atoms with E-state index in [-0.39, 0.29) is 6.10 Å². The minimum absolute atomic E-state index is 0.372. The summed E-state index contributed by atoms with van der Waals surface area (Å²) in [7, 11) is 0. The lowest BCUT2D eigenvalue weighted by Gasteiger charge is -2.14. The first kappa shape index (κ1) is 20.9. The number of amides is 1. The van der Waals surface area contributed by atoms with Gasteiger partial charge in [0.25, 0.3) is 0 Å². The second kappa shape index (κ2) is 8.54. The average Bonchev–Trinajstić information content (AvgIpc) is 3.44. The van der Waals surface area contributed by atoms with Gasteiger partial charge in [-0.15, -0.1) is 5.10 Å². The molecule has 1 N–H and O–H groups in total. The second-order valence-corrected chi connectivity index (χ2v) is 8.80. The van der Waals surface area contributed by atoms with E-state index in [1.54, 1.807) is 4.68 Å². The number of hydrogen-bond acceptors (Lipinski definition) is 4. The van der Waals surface area contributed by atoms with E-state index in [1.807, 2.05) is 61.5 Å². The van der Waals surface area contributed by atoms with Gasteiger partial charge >= 0.3 is 6.09 Å². The predicted molar refractivity (Wildman–Crippen MR) is 128 cm³/mol. The summed E-state index contributed by atoms with van der Waals surface area (Å²) in [4.78, 5) is 12.4. The zero-order valence-electron chi connectivity index (χ0n) is 18.7. The highest BCUT2D eigenvalue weighted by molar-refractivity contribution is 5.83. The molecule has 1 aliphatic rings. The molecule has 0 saturated heterocycles. The standard InChI is InChI=1S/C27H26N4O2/c1-19(20-6-4-3-5-7-20)33-26(32)29-25-18-28-30-31(25)24-14-10-22(11-15-24)21-8-12-23(13-9-21)27(2)16-17-27/h3-15,18-19H,16-17H2,1-2H3,(H,29,32)/t19-/m1/s1. The number of hydrogen-bond donors (Lipinski definition) is 1. The van der Waals surface area contributed by atoms with Crippen molar-refractivity contribution < 1.29 is 9.53 Å². The van der Waals surface area contributed by atoms with Crippen LogP contribution in [0, 0.1) is 0 Å². The van der Waals surface area contributed by atoms with Crippen molar-refractivity contribution in [3.8, 4) is 16.8 Å². The summed E-state index contributed by atoms with van der Waals surface area (Å²) in [5.41, 5.74) is 5.80. The van der Waals surface area contributed by atoms with Gasteiger partial charge in [-0.25, -0.2) is 4.79 Å². The summed E-state index contributed by atoms with van der Waals surface area (Å²) < 4.78 is 7.08. The molecular weight excluding hydrogens is 412 g/mol. The molecule has 0 aliphatic heterocycles. The predicted octanol–water partition coefficient (Wildman–Crippen LogP) is 6.30. The van der Waals surface area contributed by atoms with E-state index in [0.717, 1.165) is 16.8 Å². The van der Waals surface area contributed by atoms with Crippen molar-refractivity contribution in [1.82, 2.24) is 15.0 Å². The minimum Gasteiger partial charge on any atom is -0.441 e. The highest BCUT2D eigenvalue weighted by Gasteiger charge is 2.38. The Hall–Kier alpha value is -3.93. The van der Waals surface area contributed by atoms with E-state index in [1.165, 1.54) is 30.2 Å². The first-order valence-corrected chi connectivity index (χ1v) is 11.2. The number of anilines is 1. The van der Waals surface area contributed by atoms with Gasteiger partial charge < -0.3 is 4.74 Å². The van der Waals surface area contributed by atoms with Gasteiger partial charge in [0.1, 0.15) is 6.10 Å². The van der Waals surface area contributed by atoms with Gasteiger partial charge in [-0.3, -0.25) is 5.32 Å². The Bertz CT molecular complexity index is 1240. The van der Waals surface area contributed by atoms with Crippen LogP contribution >= 0.6 is 0 Å². The van der Waals surface area contributed by atoms with Crippen molar-refractivity contribution in [3.05, 3.63) is 96.2 Å². The van der Waals surface area contributed by atoms with Gasteiger partial charge in [-0.05, 0) is 59.6 Å². The largest absolute Gasteiger partial charge is 0.441 e. The molecule has 0 unspecified atom stereocenters. The first-order chi connectivity index (χ1) is 16.0. The Morgan fingerprint density at radius 2 is 1.61 bits per heavy atom. The van der Waals surface area contributed by atoms with Crippen LogP contribution in [-0.2, 0) is 10.2 Å². The molecule has 0 spiro atoms. The molecule has 5 rings (SSSR count). The number of nitrogens with one attached hydrogen (secondary N) is 1. The van der Waals surface area contributed by atoms with Crippen molar-refractivity contribution >= 4 is 11.9 Å². The molecule has 1 aliphatic carbocycles.